The summed E-state index contributed by atoms with van der Waals surface area (Å²) in [5.74, 6) is -0.655. The largest absolute Gasteiger partial charge is 0.368 e. The van der Waals surface area contributed by atoms with Gasteiger partial charge in [0.15, 0.2) is 0 Å². The predicted molar refractivity (Wildman–Crippen MR) is 43.0 cm³/mol. The van der Waals surface area contributed by atoms with E-state index in [4.69, 9.17) is 11.5 Å². The van der Waals surface area contributed by atoms with Crippen LogP contribution in [0.2, 0.25) is 0 Å². The number of carbonyl (C=O) groups excluding carboxylic acids is 2. The number of piperidine rings is 1. The van der Waals surface area contributed by atoms with E-state index in [1.807, 2.05) is 0 Å². The van der Waals surface area contributed by atoms with Crippen LogP contribution < -0.4 is 11.5 Å². The molecule has 4 N–H and O–H groups in total. The fourth-order valence-electron chi connectivity index (χ4n) is 1.32. The highest BCUT2D eigenvalue weighted by Gasteiger charge is 2.26. The van der Waals surface area contributed by atoms with E-state index in [-0.39, 0.29) is 12.5 Å². The highest BCUT2D eigenvalue weighted by Crippen LogP contribution is 2.08. The molecule has 0 unspecified atom stereocenters. The lowest BCUT2D eigenvalue weighted by molar-refractivity contribution is -0.138. The molecule has 0 bridgehead atoms. The van der Waals surface area contributed by atoms with Crippen molar-refractivity contribution in [3.8, 4) is 0 Å². The van der Waals surface area contributed by atoms with Gasteiger partial charge < -0.3 is 16.4 Å². The van der Waals surface area contributed by atoms with Crippen molar-refractivity contribution < 1.29 is 9.59 Å². The van der Waals surface area contributed by atoms with Crippen LogP contribution in [0, 0.1) is 0 Å². The van der Waals surface area contributed by atoms with Gasteiger partial charge in [-0.2, -0.15) is 0 Å². The Hall–Kier alpha value is -1.10. The summed E-state index contributed by atoms with van der Waals surface area (Å²) in [5.41, 5.74) is 10.5. The Morgan fingerprint density at radius 3 is 2.92 bits per heavy atom. The maximum absolute atomic E-state index is 11.3. The number of carbonyl (C=O) groups is 2. The van der Waals surface area contributed by atoms with Crippen LogP contribution in [0.1, 0.15) is 12.8 Å². The second-order valence-corrected chi connectivity index (χ2v) is 2.97. The molecule has 1 heterocycles. The number of likely N-dealkylation sites (tertiary alicyclic amines) is 1. The van der Waals surface area contributed by atoms with Crippen LogP contribution in [0.25, 0.3) is 0 Å². The number of rotatable bonds is 2. The number of primary amides is 1. The molecule has 0 radical (unpaired) electrons. The SMILES string of the molecule is NC(=O)CN1CCC[C@@H](N)C1=O. The van der Waals surface area contributed by atoms with Crippen LogP contribution in [0.3, 0.4) is 0 Å². The number of nitrogens with two attached hydrogens (primary N) is 2. The molecule has 1 aliphatic heterocycles. The Morgan fingerprint density at radius 2 is 2.33 bits per heavy atom. The summed E-state index contributed by atoms with van der Waals surface area (Å²) in [6, 6.07) is -0.446. The molecule has 0 aromatic heterocycles. The molecule has 0 saturated carbocycles. The zero-order valence-electron chi connectivity index (χ0n) is 6.82. The maximum Gasteiger partial charge on any atom is 0.239 e. The van der Waals surface area contributed by atoms with E-state index in [0.717, 1.165) is 6.42 Å². The molecule has 1 fully saturated rings. The topological polar surface area (TPSA) is 89.4 Å². The van der Waals surface area contributed by atoms with Crippen LogP contribution in [0.4, 0.5) is 0 Å². The van der Waals surface area contributed by atoms with Gasteiger partial charge in [0.25, 0.3) is 0 Å². The second-order valence-electron chi connectivity index (χ2n) is 2.97. The number of nitrogens with zero attached hydrogens (tertiary/aromatic N) is 1. The molecule has 5 heteroatoms. The summed E-state index contributed by atoms with van der Waals surface area (Å²) in [6.07, 6.45) is 1.55. The van der Waals surface area contributed by atoms with Gasteiger partial charge >= 0.3 is 0 Å². The van der Waals surface area contributed by atoms with E-state index >= 15 is 0 Å². The minimum atomic E-state index is -0.488. The normalized spacial score (nSPS) is 24.2. The smallest absolute Gasteiger partial charge is 0.239 e. The van der Waals surface area contributed by atoms with Crippen molar-refractivity contribution in [2.45, 2.75) is 18.9 Å². The van der Waals surface area contributed by atoms with Crippen molar-refractivity contribution >= 4 is 11.8 Å². The van der Waals surface area contributed by atoms with E-state index < -0.39 is 11.9 Å². The molecule has 0 spiro atoms. The van der Waals surface area contributed by atoms with Gasteiger partial charge in [0.05, 0.1) is 12.6 Å². The van der Waals surface area contributed by atoms with Gasteiger partial charge in [0.1, 0.15) is 0 Å². The van der Waals surface area contributed by atoms with Crippen molar-refractivity contribution in [1.82, 2.24) is 4.90 Å². The van der Waals surface area contributed by atoms with Crippen LogP contribution in [0.15, 0.2) is 0 Å². The first-order valence-corrected chi connectivity index (χ1v) is 3.94. The second kappa shape index (κ2) is 3.53. The van der Waals surface area contributed by atoms with Crippen molar-refractivity contribution in [2.24, 2.45) is 11.5 Å². The van der Waals surface area contributed by atoms with Crippen molar-refractivity contribution in [1.29, 1.82) is 0 Å². The molecule has 0 aliphatic carbocycles. The molecular formula is C7H13N3O2. The quantitative estimate of drug-likeness (QED) is 0.525. The summed E-state index contributed by atoms with van der Waals surface area (Å²) in [7, 11) is 0. The third kappa shape index (κ3) is 1.94. The Labute approximate surface area is 70.7 Å². The molecule has 1 atom stereocenters. The van der Waals surface area contributed by atoms with Crippen LogP contribution >= 0.6 is 0 Å². The molecule has 68 valence electrons. The zero-order valence-corrected chi connectivity index (χ0v) is 6.82. The molecule has 0 aromatic rings. The lowest BCUT2D eigenvalue weighted by atomic mass is 10.1. The molecule has 2 amide bonds. The first-order chi connectivity index (χ1) is 5.61. The molecule has 1 saturated heterocycles. The molecule has 0 aromatic carbocycles. The first kappa shape index (κ1) is 8.99. The molecular weight excluding hydrogens is 158 g/mol. The Bertz CT molecular complexity index is 205. The van der Waals surface area contributed by atoms with Gasteiger partial charge in [0.2, 0.25) is 11.8 Å². The Morgan fingerprint density at radius 1 is 1.67 bits per heavy atom. The average Bonchev–Trinajstić information content (AvgIpc) is 1.98. The lowest BCUT2D eigenvalue weighted by Gasteiger charge is -2.29. The van der Waals surface area contributed by atoms with Gasteiger partial charge in [-0.15, -0.1) is 0 Å². The van der Waals surface area contributed by atoms with Crippen LogP contribution in [-0.2, 0) is 9.59 Å². The van der Waals surface area contributed by atoms with Crippen molar-refractivity contribution in [2.75, 3.05) is 13.1 Å². The molecule has 1 rings (SSSR count). The molecule has 12 heavy (non-hydrogen) atoms. The fraction of sp³-hybridized carbons (Fsp3) is 0.714. The summed E-state index contributed by atoms with van der Waals surface area (Å²) in [5, 5.41) is 0. The van der Waals surface area contributed by atoms with Gasteiger partial charge in [-0.25, -0.2) is 0 Å². The molecule has 5 nitrogen and oxygen atoms in total. The highest BCUT2D eigenvalue weighted by atomic mass is 16.2. The lowest BCUT2D eigenvalue weighted by Crippen LogP contribution is -2.50. The van der Waals surface area contributed by atoms with E-state index in [1.165, 1.54) is 4.90 Å². The minimum absolute atomic E-state index is 0.00741. The predicted octanol–water partition coefficient (Wildman–Crippen LogP) is -1.58. The van der Waals surface area contributed by atoms with Crippen molar-refractivity contribution in [3.05, 3.63) is 0 Å². The summed E-state index contributed by atoms with van der Waals surface area (Å²) in [6.45, 7) is 0.585. The third-order valence-corrected chi connectivity index (χ3v) is 1.92. The van der Waals surface area contributed by atoms with Gasteiger partial charge in [-0.1, -0.05) is 0 Å². The van der Waals surface area contributed by atoms with E-state index in [0.29, 0.717) is 13.0 Å². The Kier molecular flexibility index (Phi) is 2.65. The van der Waals surface area contributed by atoms with E-state index in [2.05, 4.69) is 0 Å². The number of hydrogen-bond acceptors (Lipinski definition) is 3. The van der Waals surface area contributed by atoms with Crippen LogP contribution in [-0.4, -0.2) is 35.8 Å². The zero-order chi connectivity index (χ0) is 9.14. The minimum Gasteiger partial charge on any atom is -0.368 e. The monoisotopic (exact) mass is 171 g/mol. The maximum atomic E-state index is 11.3. The number of hydrogen-bond donors (Lipinski definition) is 2. The van der Waals surface area contributed by atoms with E-state index in [9.17, 15) is 9.59 Å². The highest BCUT2D eigenvalue weighted by molar-refractivity contribution is 5.87. The summed E-state index contributed by atoms with van der Waals surface area (Å²) < 4.78 is 0. The Balaban J connectivity index is 2.52. The molecule has 1 aliphatic rings. The first-order valence-electron chi connectivity index (χ1n) is 3.94. The van der Waals surface area contributed by atoms with Gasteiger partial charge in [-0.3, -0.25) is 9.59 Å². The average molecular weight is 171 g/mol. The third-order valence-electron chi connectivity index (χ3n) is 1.92. The standard InChI is InChI=1S/C7H13N3O2/c8-5-2-1-3-10(7(5)12)4-6(9)11/h5H,1-4,8H2,(H2,9,11)/t5-/m1/s1. The van der Waals surface area contributed by atoms with Crippen LogP contribution in [0.5, 0.6) is 0 Å². The van der Waals surface area contributed by atoms with Gasteiger partial charge in [0, 0.05) is 6.54 Å². The van der Waals surface area contributed by atoms with E-state index in [1.54, 1.807) is 0 Å². The van der Waals surface area contributed by atoms with Gasteiger partial charge in [-0.05, 0) is 12.8 Å². The summed E-state index contributed by atoms with van der Waals surface area (Å²) in [4.78, 5) is 23.2. The fourth-order valence-corrected chi connectivity index (χ4v) is 1.32. The summed E-state index contributed by atoms with van der Waals surface area (Å²) >= 11 is 0. The van der Waals surface area contributed by atoms with Crippen molar-refractivity contribution in [3.63, 3.8) is 0 Å². The number of amides is 2.